The molecule has 1 N–H and O–H groups in total. The van der Waals surface area contributed by atoms with Gasteiger partial charge in [-0.2, -0.15) is 0 Å². The van der Waals surface area contributed by atoms with E-state index in [1.54, 1.807) is 13.0 Å². The van der Waals surface area contributed by atoms with E-state index in [1.807, 2.05) is 11.0 Å². The van der Waals surface area contributed by atoms with Gasteiger partial charge >= 0.3 is 0 Å². The third-order valence-corrected chi connectivity index (χ3v) is 4.48. The predicted molar refractivity (Wildman–Crippen MR) is 87.5 cm³/mol. The molecular formula is C16H25N5O2. The van der Waals surface area contributed by atoms with Crippen LogP contribution in [-0.4, -0.2) is 82.9 Å². The number of piperazine rings is 1. The lowest BCUT2D eigenvalue weighted by atomic mass is 10.2. The first kappa shape index (κ1) is 16.1. The summed E-state index contributed by atoms with van der Waals surface area (Å²) in [6.07, 6.45) is 2.05. The van der Waals surface area contributed by atoms with E-state index in [9.17, 15) is 9.90 Å². The molecule has 3 heterocycles. The molecule has 0 radical (unpaired) electrons. The molecule has 7 nitrogen and oxygen atoms in total. The molecule has 2 saturated heterocycles. The third-order valence-electron chi connectivity index (χ3n) is 4.48. The predicted octanol–water partition coefficient (Wildman–Crippen LogP) is 0.215. The Labute approximate surface area is 136 Å². The van der Waals surface area contributed by atoms with Crippen LogP contribution in [-0.2, 0) is 0 Å². The molecule has 2 aliphatic rings. The van der Waals surface area contributed by atoms with Crippen molar-refractivity contribution in [2.75, 3.05) is 50.7 Å². The monoisotopic (exact) mass is 319 g/mol. The van der Waals surface area contributed by atoms with Crippen LogP contribution in [0.5, 0.6) is 0 Å². The van der Waals surface area contributed by atoms with Gasteiger partial charge in [0.25, 0.3) is 5.91 Å². The standard InChI is InChI=1S/C16H25N5O2/c1-13(22)12-19-8-10-21(11-9-19)16(23)14-4-5-15(18-17-14)20-6-2-3-7-20/h4-5,13,22H,2-3,6-12H2,1H3/t13-/m0/s1. The number of nitrogens with zero attached hydrogens (tertiary/aromatic N) is 5. The van der Waals surface area contributed by atoms with Gasteiger partial charge in [-0.25, -0.2) is 0 Å². The maximum atomic E-state index is 12.5. The zero-order valence-electron chi connectivity index (χ0n) is 13.7. The fraction of sp³-hybridized carbons (Fsp3) is 0.688. The van der Waals surface area contributed by atoms with E-state index in [2.05, 4.69) is 20.0 Å². The van der Waals surface area contributed by atoms with Crippen molar-refractivity contribution in [2.45, 2.75) is 25.9 Å². The van der Waals surface area contributed by atoms with Crippen LogP contribution in [0.4, 0.5) is 5.82 Å². The minimum atomic E-state index is -0.332. The molecule has 0 aliphatic carbocycles. The van der Waals surface area contributed by atoms with E-state index < -0.39 is 0 Å². The number of carbonyl (C=O) groups excluding carboxylic acids is 1. The van der Waals surface area contributed by atoms with Crippen molar-refractivity contribution in [3.05, 3.63) is 17.8 Å². The highest BCUT2D eigenvalue weighted by atomic mass is 16.3. The van der Waals surface area contributed by atoms with Gasteiger partial charge in [0.2, 0.25) is 0 Å². The summed E-state index contributed by atoms with van der Waals surface area (Å²) in [5, 5.41) is 17.8. The Morgan fingerprint density at radius 2 is 1.83 bits per heavy atom. The average Bonchev–Trinajstić information content (AvgIpc) is 3.09. The summed E-state index contributed by atoms with van der Waals surface area (Å²) in [6.45, 7) is 7.40. The summed E-state index contributed by atoms with van der Waals surface area (Å²) in [7, 11) is 0. The zero-order valence-corrected chi connectivity index (χ0v) is 13.7. The summed E-state index contributed by atoms with van der Waals surface area (Å²) in [4.78, 5) is 18.7. The Hall–Kier alpha value is -1.73. The van der Waals surface area contributed by atoms with E-state index in [4.69, 9.17) is 0 Å². The molecule has 126 valence electrons. The fourth-order valence-electron chi connectivity index (χ4n) is 3.22. The van der Waals surface area contributed by atoms with Gasteiger partial charge < -0.3 is 14.9 Å². The Balaban J connectivity index is 1.56. The topological polar surface area (TPSA) is 72.8 Å². The first-order valence-corrected chi connectivity index (χ1v) is 8.42. The van der Waals surface area contributed by atoms with E-state index in [0.29, 0.717) is 25.3 Å². The van der Waals surface area contributed by atoms with Crippen molar-refractivity contribution in [1.29, 1.82) is 0 Å². The molecule has 1 aromatic rings. The van der Waals surface area contributed by atoms with Crippen LogP contribution in [0.3, 0.4) is 0 Å². The Kier molecular flexibility index (Phi) is 5.07. The molecule has 1 aromatic heterocycles. The smallest absolute Gasteiger partial charge is 0.274 e. The average molecular weight is 319 g/mol. The van der Waals surface area contributed by atoms with Crippen LogP contribution in [0.25, 0.3) is 0 Å². The number of β-amino-alcohol motifs (C(OH)–C–C–N with tert-alkyl or cyclic N) is 1. The van der Waals surface area contributed by atoms with Crippen molar-refractivity contribution >= 4 is 11.7 Å². The minimum absolute atomic E-state index is 0.0535. The van der Waals surface area contributed by atoms with E-state index >= 15 is 0 Å². The molecule has 2 aliphatic heterocycles. The molecule has 0 bridgehead atoms. The Morgan fingerprint density at radius 3 is 2.39 bits per heavy atom. The lowest BCUT2D eigenvalue weighted by molar-refractivity contribution is 0.0548. The molecule has 1 amide bonds. The maximum Gasteiger partial charge on any atom is 0.274 e. The van der Waals surface area contributed by atoms with Crippen molar-refractivity contribution in [3.8, 4) is 0 Å². The lowest BCUT2D eigenvalue weighted by Gasteiger charge is -2.35. The molecule has 7 heteroatoms. The van der Waals surface area contributed by atoms with Gasteiger partial charge in [-0.1, -0.05) is 0 Å². The van der Waals surface area contributed by atoms with Gasteiger partial charge in [0.15, 0.2) is 11.5 Å². The first-order valence-electron chi connectivity index (χ1n) is 8.42. The highest BCUT2D eigenvalue weighted by Gasteiger charge is 2.24. The summed E-state index contributed by atoms with van der Waals surface area (Å²) < 4.78 is 0. The molecule has 0 aromatic carbocycles. The Morgan fingerprint density at radius 1 is 1.13 bits per heavy atom. The van der Waals surface area contributed by atoms with Gasteiger partial charge in [-0.3, -0.25) is 9.69 Å². The molecule has 3 rings (SSSR count). The number of amides is 1. The number of anilines is 1. The lowest BCUT2D eigenvalue weighted by Crippen LogP contribution is -2.50. The highest BCUT2D eigenvalue weighted by molar-refractivity contribution is 5.92. The Bertz CT molecular complexity index is 520. The number of aliphatic hydroxyl groups is 1. The second-order valence-electron chi connectivity index (χ2n) is 6.41. The van der Waals surface area contributed by atoms with Crippen molar-refractivity contribution in [3.63, 3.8) is 0 Å². The largest absolute Gasteiger partial charge is 0.392 e. The van der Waals surface area contributed by atoms with Crippen molar-refractivity contribution in [1.82, 2.24) is 20.0 Å². The molecule has 0 spiro atoms. The third kappa shape index (κ3) is 3.97. The van der Waals surface area contributed by atoms with Crippen LogP contribution in [0, 0.1) is 0 Å². The second-order valence-corrected chi connectivity index (χ2v) is 6.41. The van der Waals surface area contributed by atoms with Crippen molar-refractivity contribution < 1.29 is 9.90 Å². The normalized spacial score (nSPS) is 20.8. The minimum Gasteiger partial charge on any atom is -0.392 e. The highest BCUT2D eigenvalue weighted by Crippen LogP contribution is 2.17. The van der Waals surface area contributed by atoms with Crippen LogP contribution in [0.15, 0.2) is 12.1 Å². The number of aliphatic hydroxyl groups excluding tert-OH is 1. The summed E-state index contributed by atoms with van der Waals surface area (Å²) in [5.41, 5.74) is 0.414. The van der Waals surface area contributed by atoms with Gasteiger partial charge in [0, 0.05) is 45.8 Å². The molecule has 0 saturated carbocycles. The summed E-state index contributed by atoms with van der Waals surface area (Å²) in [6, 6.07) is 3.68. The van der Waals surface area contributed by atoms with Gasteiger partial charge in [0.05, 0.1) is 6.10 Å². The fourth-order valence-corrected chi connectivity index (χ4v) is 3.22. The van der Waals surface area contributed by atoms with Crippen LogP contribution >= 0.6 is 0 Å². The summed E-state index contributed by atoms with van der Waals surface area (Å²) >= 11 is 0. The molecular weight excluding hydrogens is 294 g/mol. The zero-order chi connectivity index (χ0) is 16.2. The molecule has 23 heavy (non-hydrogen) atoms. The number of carbonyl (C=O) groups is 1. The van der Waals surface area contributed by atoms with E-state index in [-0.39, 0.29) is 12.0 Å². The molecule has 1 atom stereocenters. The quantitative estimate of drug-likeness (QED) is 0.856. The van der Waals surface area contributed by atoms with E-state index in [0.717, 1.165) is 32.0 Å². The maximum absolute atomic E-state index is 12.5. The number of rotatable bonds is 4. The van der Waals surface area contributed by atoms with E-state index in [1.165, 1.54) is 12.8 Å². The van der Waals surface area contributed by atoms with Crippen LogP contribution in [0.1, 0.15) is 30.3 Å². The second kappa shape index (κ2) is 7.23. The van der Waals surface area contributed by atoms with Crippen LogP contribution < -0.4 is 4.90 Å². The SMILES string of the molecule is C[C@H](O)CN1CCN(C(=O)c2ccc(N3CCCC3)nn2)CC1. The van der Waals surface area contributed by atoms with Gasteiger partial charge in [-0.15, -0.1) is 10.2 Å². The van der Waals surface area contributed by atoms with Gasteiger partial charge in [-0.05, 0) is 31.9 Å². The van der Waals surface area contributed by atoms with Crippen LogP contribution in [0.2, 0.25) is 0 Å². The molecule has 2 fully saturated rings. The van der Waals surface area contributed by atoms with Gasteiger partial charge in [0.1, 0.15) is 0 Å². The molecule has 0 unspecified atom stereocenters. The first-order chi connectivity index (χ1) is 11.1. The number of aromatic nitrogens is 2. The number of hydrogen-bond donors (Lipinski definition) is 1. The summed E-state index contributed by atoms with van der Waals surface area (Å²) in [5.74, 6) is 0.808. The number of hydrogen-bond acceptors (Lipinski definition) is 6. The van der Waals surface area contributed by atoms with Crippen molar-refractivity contribution in [2.24, 2.45) is 0 Å².